The molecule has 248 valence electrons. The first kappa shape index (κ1) is 32.5. The lowest BCUT2D eigenvalue weighted by Crippen LogP contribution is -2.38. The Labute approximate surface area is 271 Å². The average molecular weight is 649 g/mol. The number of hydrogen-bond acceptors (Lipinski definition) is 10. The Hall–Kier alpha value is -4.39. The Morgan fingerprint density at radius 1 is 1.09 bits per heavy atom. The van der Waals surface area contributed by atoms with Crippen molar-refractivity contribution in [2.24, 2.45) is 0 Å². The molecule has 1 saturated carbocycles. The third kappa shape index (κ3) is 6.71. The smallest absolute Gasteiger partial charge is 0.387 e. The van der Waals surface area contributed by atoms with Gasteiger partial charge in [-0.2, -0.15) is 8.78 Å². The van der Waals surface area contributed by atoms with Gasteiger partial charge in [0.05, 0.1) is 13.2 Å². The molecule has 3 atom stereocenters. The number of fused-ring (bicyclic) bond motifs is 1. The highest BCUT2D eigenvalue weighted by atomic mass is 19.3. The van der Waals surface area contributed by atoms with Gasteiger partial charge in [0.1, 0.15) is 17.3 Å². The zero-order valence-electron chi connectivity index (χ0n) is 26.5. The average Bonchev–Trinajstić information content (AvgIpc) is 3.79. The topological polar surface area (TPSA) is 130 Å². The molecule has 1 aromatic heterocycles. The zero-order valence-corrected chi connectivity index (χ0v) is 26.5. The molecule has 1 aliphatic heterocycles. The fourth-order valence-corrected chi connectivity index (χ4v) is 6.60. The van der Waals surface area contributed by atoms with E-state index in [0.29, 0.717) is 47.5 Å². The van der Waals surface area contributed by atoms with Gasteiger partial charge in [0.25, 0.3) is 0 Å². The Morgan fingerprint density at radius 2 is 1.83 bits per heavy atom. The molecule has 4 aromatic rings. The first-order chi connectivity index (χ1) is 22.6. The number of benzene rings is 3. The van der Waals surface area contributed by atoms with Crippen LogP contribution in [0.5, 0.6) is 5.75 Å². The molecule has 2 fully saturated rings. The van der Waals surface area contributed by atoms with Gasteiger partial charge in [-0.15, -0.1) is 5.06 Å². The fraction of sp³-hybridized carbons (Fsp3) is 0.400. The first-order valence-corrected chi connectivity index (χ1v) is 15.8. The minimum Gasteiger partial charge on any atom is -0.468 e. The molecule has 3 aromatic carbocycles. The molecule has 1 saturated heterocycles. The minimum absolute atomic E-state index is 0.00963. The third-order valence-electron chi connectivity index (χ3n) is 9.14. The molecule has 2 heterocycles. The maximum absolute atomic E-state index is 13.3. The molecule has 12 heteroatoms. The summed E-state index contributed by atoms with van der Waals surface area (Å²) in [6, 6.07) is 13.8. The van der Waals surface area contributed by atoms with E-state index in [4.69, 9.17) is 29.1 Å². The second kappa shape index (κ2) is 13.8. The highest BCUT2D eigenvalue weighted by molar-refractivity contribution is 5.96. The number of aliphatic hydroxyl groups excluding tert-OH is 1. The zero-order chi connectivity index (χ0) is 33.2. The van der Waals surface area contributed by atoms with Crippen LogP contribution >= 0.6 is 0 Å². The molecule has 6 rings (SSSR count). The monoisotopic (exact) mass is 648 g/mol. The van der Waals surface area contributed by atoms with Crippen LogP contribution in [0.4, 0.5) is 8.78 Å². The van der Waals surface area contributed by atoms with Crippen molar-refractivity contribution in [3.63, 3.8) is 0 Å². The number of aliphatic hydroxyl groups is 1. The summed E-state index contributed by atoms with van der Waals surface area (Å²) in [5.41, 5.74) is 6.07. The lowest BCUT2D eigenvalue weighted by molar-refractivity contribution is -0.160. The van der Waals surface area contributed by atoms with E-state index in [0.717, 1.165) is 47.1 Å². The van der Waals surface area contributed by atoms with Gasteiger partial charge >= 0.3 is 12.6 Å². The van der Waals surface area contributed by atoms with Gasteiger partial charge in [-0.25, -0.2) is 4.98 Å². The number of esters is 1. The fourth-order valence-electron chi connectivity index (χ4n) is 6.60. The van der Waals surface area contributed by atoms with Crippen molar-refractivity contribution >= 4 is 23.0 Å². The van der Waals surface area contributed by atoms with Crippen LogP contribution in [0.25, 0.3) is 33.7 Å². The molecule has 0 amide bonds. The maximum atomic E-state index is 13.3. The second-order valence-electron chi connectivity index (χ2n) is 12.0. The number of methoxy groups -OCH3 is 1. The Bertz CT molecular complexity index is 1790. The molecule has 0 spiro atoms. The number of halogens is 2. The van der Waals surface area contributed by atoms with E-state index in [1.165, 1.54) is 18.2 Å². The van der Waals surface area contributed by atoms with E-state index in [1.54, 1.807) is 6.07 Å². The summed E-state index contributed by atoms with van der Waals surface area (Å²) in [7, 11) is 1.34. The van der Waals surface area contributed by atoms with Crippen LogP contribution in [-0.2, 0) is 20.9 Å². The number of nitrogens with zero attached hydrogens (tertiary/aromatic N) is 2. The first-order valence-electron chi connectivity index (χ1n) is 15.8. The number of aromatic nitrogens is 1. The summed E-state index contributed by atoms with van der Waals surface area (Å²) in [5, 5.41) is 23.7. The highest BCUT2D eigenvalue weighted by Gasteiger charge is 2.34. The van der Waals surface area contributed by atoms with E-state index in [2.05, 4.69) is 5.32 Å². The van der Waals surface area contributed by atoms with E-state index >= 15 is 0 Å². The molecule has 47 heavy (non-hydrogen) atoms. The van der Waals surface area contributed by atoms with Gasteiger partial charge < -0.3 is 29.2 Å². The van der Waals surface area contributed by atoms with Gasteiger partial charge in [-0.3, -0.25) is 10.2 Å². The summed E-state index contributed by atoms with van der Waals surface area (Å²) in [5.74, 6) is -0.138. The van der Waals surface area contributed by atoms with Gasteiger partial charge in [0.15, 0.2) is 5.58 Å². The van der Waals surface area contributed by atoms with Crippen LogP contribution in [0, 0.1) is 19.3 Å². The van der Waals surface area contributed by atoms with Gasteiger partial charge in [0, 0.05) is 41.9 Å². The number of carbonyl (C=O) groups is 1. The quantitative estimate of drug-likeness (QED) is 0.103. The van der Waals surface area contributed by atoms with Gasteiger partial charge in [-0.05, 0) is 86.4 Å². The highest BCUT2D eigenvalue weighted by Crippen LogP contribution is 2.37. The Morgan fingerprint density at radius 3 is 2.55 bits per heavy atom. The number of rotatable bonds is 10. The SMILES string of the molecule is COC(=O)[C@@H]1CCCN1OC(=N)c1cccc(-c2cccc(-c3nc4cc(CN[C@@H]5CCC[C@@H]5O)c(OC(F)F)cc4o3)c2C)c1C. The molecule has 10 nitrogen and oxygen atoms in total. The van der Waals surface area contributed by atoms with Crippen LogP contribution in [0.1, 0.15) is 54.4 Å². The van der Waals surface area contributed by atoms with E-state index < -0.39 is 18.8 Å². The van der Waals surface area contributed by atoms with E-state index in [9.17, 15) is 18.7 Å². The number of hydroxylamine groups is 2. The van der Waals surface area contributed by atoms with Gasteiger partial charge in [-0.1, -0.05) is 24.3 Å². The normalized spacial score (nSPS) is 19.9. The van der Waals surface area contributed by atoms with Crippen molar-refractivity contribution in [3.05, 3.63) is 70.8 Å². The molecule has 0 bridgehead atoms. The van der Waals surface area contributed by atoms with Crippen LogP contribution in [0.2, 0.25) is 0 Å². The summed E-state index contributed by atoms with van der Waals surface area (Å²) >= 11 is 0. The number of ether oxygens (including phenoxy) is 2. The van der Waals surface area contributed by atoms with Crippen molar-refractivity contribution in [3.8, 4) is 28.3 Å². The summed E-state index contributed by atoms with van der Waals surface area (Å²) < 4.78 is 42.5. The largest absolute Gasteiger partial charge is 0.468 e. The van der Waals surface area contributed by atoms with Crippen LogP contribution in [0.15, 0.2) is 52.9 Å². The van der Waals surface area contributed by atoms with Crippen molar-refractivity contribution in [2.45, 2.75) is 77.3 Å². The molecule has 2 aliphatic rings. The number of oxazole rings is 1. The predicted octanol–water partition coefficient (Wildman–Crippen LogP) is 6.28. The van der Waals surface area contributed by atoms with Crippen LogP contribution in [0.3, 0.4) is 0 Å². The third-order valence-corrected chi connectivity index (χ3v) is 9.14. The Balaban J connectivity index is 1.29. The molecule has 3 N–H and O–H groups in total. The van der Waals surface area contributed by atoms with Crippen molar-refractivity contribution in [1.82, 2.24) is 15.4 Å². The molecule has 1 aliphatic carbocycles. The number of alkyl halides is 2. The van der Waals surface area contributed by atoms with Crippen LogP contribution < -0.4 is 10.1 Å². The number of hydrogen-bond donors (Lipinski definition) is 3. The van der Waals surface area contributed by atoms with E-state index in [1.807, 2.05) is 50.2 Å². The molecular formula is C35H38F2N4O6. The lowest BCUT2D eigenvalue weighted by atomic mass is 9.91. The lowest BCUT2D eigenvalue weighted by Gasteiger charge is -2.23. The van der Waals surface area contributed by atoms with Gasteiger partial charge in [0.2, 0.25) is 11.8 Å². The maximum Gasteiger partial charge on any atom is 0.387 e. The predicted molar refractivity (Wildman–Crippen MR) is 171 cm³/mol. The molecule has 0 unspecified atom stereocenters. The van der Waals surface area contributed by atoms with Crippen LogP contribution in [-0.4, -0.2) is 65.5 Å². The summed E-state index contributed by atoms with van der Waals surface area (Å²) in [4.78, 5) is 22.8. The minimum atomic E-state index is -3.01. The summed E-state index contributed by atoms with van der Waals surface area (Å²) in [6.07, 6.45) is 3.31. The van der Waals surface area contributed by atoms with Crippen molar-refractivity contribution in [2.75, 3.05) is 13.7 Å². The van der Waals surface area contributed by atoms with Crippen molar-refractivity contribution in [1.29, 1.82) is 5.41 Å². The summed E-state index contributed by atoms with van der Waals surface area (Å²) in [6.45, 7) is 1.60. The Kier molecular flexibility index (Phi) is 9.53. The van der Waals surface area contributed by atoms with Crippen molar-refractivity contribution < 1.29 is 37.4 Å². The molecule has 0 radical (unpaired) electrons. The number of carbonyl (C=O) groups excluding carboxylic acids is 1. The molecular weight excluding hydrogens is 610 g/mol. The van der Waals surface area contributed by atoms with E-state index in [-0.39, 0.29) is 30.2 Å². The second-order valence-corrected chi connectivity index (χ2v) is 12.0. The number of nitrogens with one attached hydrogen (secondary N) is 2. The standard InChI is InChI=1S/C35H38F2N4O6/c1-19-22(8-4-10-24(19)32(38)47-41-15-7-13-28(41)34(43)44-3)23-9-5-11-25(20(23)2)33-40-27-16-21(18-39-26-12-6-14-29(26)42)30(46-35(36)37)17-31(27)45-33/h4-5,8-11,16-17,26,28-29,35,38-39,42H,6-7,12-15,18H2,1-3H3/t26-,28+,29+/m1/s1.